The van der Waals surface area contributed by atoms with Crippen molar-refractivity contribution in [3.63, 3.8) is 0 Å². The van der Waals surface area contributed by atoms with Gasteiger partial charge in [0.1, 0.15) is 5.69 Å². The molecule has 1 N–H and O–H groups in total. The van der Waals surface area contributed by atoms with Crippen LogP contribution in [0, 0.1) is 0 Å². The third kappa shape index (κ3) is 1.32. The fraction of sp³-hybridized carbons (Fsp3) is 0.375. The van der Waals surface area contributed by atoms with Gasteiger partial charge in [0.15, 0.2) is 0 Å². The van der Waals surface area contributed by atoms with Gasteiger partial charge in [-0.2, -0.15) is 5.10 Å². The maximum absolute atomic E-state index is 11.6. The Bertz CT molecular complexity index is 331. The van der Waals surface area contributed by atoms with E-state index in [0.717, 1.165) is 6.42 Å². The highest BCUT2D eigenvalue weighted by Crippen LogP contribution is 2.12. The smallest absolute Gasteiger partial charge is 0.277 e. The lowest BCUT2D eigenvalue weighted by Gasteiger charge is -2.10. The van der Waals surface area contributed by atoms with Gasteiger partial charge in [-0.3, -0.25) is 19.6 Å². The molecule has 68 valence electrons. The predicted molar refractivity (Wildman–Crippen MR) is 43.9 cm³/mol. The van der Waals surface area contributed by atoms with Crippen molar-refractivity contribution < 1.29 is 9.59 Å². The molecule has 1 aromatic rings. The second-order valence-electron chi connectivity index (χ2n) is 2.92. The van der Waals surface area contributed by atoms with E-state index in [-0.39, 0.29) is 11.8 Å². The molecule has 0 saturated carbocycles. The summed E-state index contributed by atoms with van der Waals surface area (Å²) < 4.78 is 0. The van der Waals surface area contributed by atoms with Crippen molar-refractivity contribution >= 4 is 11.8 Å². The van der Waals surface area contributed by atoms with Gasteiger partial charge in [-0.1, -0.05) is 0 Å². The van der Waals surface area contributed by atoms with Crippen LogP contribution in [0.1, 0.15) is 23.3 Å². The predicted octanol–water partition coefficient (Wildman–Crippen LogP) is 0.172. The number of carbonyl (C=O) groups is 2. The van der Waals surface area contributed by atoms with Crippen LogP contribution in [-0.4, -0.2) is 33.5 Å². The van der Waals surface area contributed by atoms with Crippen molar-refractivity contribution in [3.05, 3.63) is 18.0 Å². The molecular formula is C8H9N3O2. The lowest BCUT2D eigenvalue weighted by Crippen LogP contribution is -2.32. The van der Waals surface area contributed by atoms with E-state index in [9.17, 15) is 9.59 Å². The molecule has 0 atom stereocenters. The van der Waals surface area contributed by atoms with Crippen molar-refractivity contribution in [1.29, 1.82) is 0 Å². The van der Waals surface area contributed by atoms with Gasteiger partial charge in [-0.25, -0.2) is 0 Å². The Balaban J connectivity index is 2.18. The van der Waals surface area contributed by atoms with Crippen LogP contribution >= 0.6 is 0 Å². The molecule has 0 bridgehead atoms. The first-order valence-electron chi connectivity index (χ1n) is 4.13. The number of aromatic nitrogens is 2. The molecule has 1 aromatic heterocycles. The van der Waals surface area contributed by atoms with Crippen LogP contribution in [0.3, 0.4) is 0 Å². The van der Waals surface area contributed by atoms with Crippen molar-refractivity contribution in [3.8, 4) is 0 Å². The number of likely N-dealkylation sites (tertiary alicyclic amines) is 1. The normalized spacial score (nSPS) is 16.6. The quantitative estimate of drug-likeness (QED) is 0.625. The van der Waals surface area contributed by atoms with Crippen molar-refractivity contribution in [2.24, 2.45) is 0 Å². The minimum Gasteiger partial charge on any atom is -0.277 e. The zero-order chi connectivity index (χ0) is 9.26. The van der Waals surface area contributed by atoms with Crippen LogP contribution in [0.15, 0.2) is 12.3 Å². The van der Waals surface area contributed by atoms with E-state index in [2.05, 4.69) is 10.2 Å². The van der Waals surface area contributed by atoms with Crippen molar-refractivity contribution in [1.82, 2.24) is 15.1 Å². The molecule has 1 saturated heterocycles. The summed E-state index contributed by atoms with van der Waals surface area (Å²) in [7, 11) is 0. The SMILES string of the molecule is O=C1CCCN1C(=O)c1ccn[nH]1. The van der Waals surface area contributed by atoms with Gasteiger partial charge >= 0.3 is 0 Å². The molecule has 0 aromatic carbocycles. The third-order valence-electron chi connectivity index (χ3n) is 2.05. The molecule has 2 heterocycles. The fourth-order valence-electron chi connectivity index (χ4n) is 1.38. The zero-order valence-electron chi connectivity index (χ0n) is 6.99. The van der Waals surface area contributed by atoms with Crippen LogP contribution in [-0.2, 0) is 4.79 Å². The summed E-state index contributed by atoms with van der Waals surface area (Å²) in [4.78, 5) is 24.0. The molecule has 2 rings (SSSR count). The first-order chi connectivity index (χ1) is 6.29. The summed E-state index contributed by atoms with van der Waals surface area (Å²) in [5.41, 5.74) is 0.371. The Morgan fingerprint density at radius 2 is 2.46 bits per heavy atom. The van der Waals surface area contributed by atoms with Gasteiger partial charge in [0, 0.05) is 19.2 Å². The fourth-order valence-corrected chi connectivity index (χ4v) is 1.38. The first-order valence-corrected chi connectivity index (χ1v) is 4.13. The molecule has 0 aliphatic carbocycles. The number of carbonyl (C=O) groups excluding carboxylic acids is 2. The zero-order valence-corrected chi connectivity index (χ0v) is 6.99. The van der Waals surface area contributed by atoms with Crippen LogP contribution in [0.5, 0.6) is 0 Å². The number of amides is 2. The van der Waals surface area contributed by atoms with E-state index in [4.69, 9.17) is 0 Å². The summed E-state index contributed by atoms with van der Waals surface area (Å²) in [5, 5.41) is 6.20. The summed E-state index contributed by atoms with van der Waals surface area (Å²) in [6, 6.07) is 1.56. The van der Waals surface area contributed by atoms with E-state index in [1.165, 1.54) is 11.1 Å². The third-order valence-corrected chi connectivity index (χ3v) is 2.05. The van der Waals surface area contributed by atoms with Gasteiger partial charge in [-0.15, -0.1) is 0 Å². The Morgan fingerprint density at radius 3 is 3.00 bits per heavy atom. The minimum atomic E-state index is -0.278. The molecule has 0 unspecified atom stereocenters. The Hall–Kier alpha value is -1.65. The van der Waals surface area contributed by atoms with E-state index < -0.39 is 0 Å². The van der Waals surface area contributed by atoms with Gasteiger partial charge in [-0.05, 0) is 12.5 Å². The van der Waals surface area contributed by atoms with Crippen LogP contribution in [0.25, 0.3) is 0 Å². The van der Waals surface area contributed by atoms with Gasteiger partial charge in [0.05, 0.1) is 0 Å². The van der Waals surface area contributed by atoms with Crippen molar-refractivity contribution in [2.45, 2.75) is 12.8 Å². The highest BCUT2D eigenvalue weighted by Gasteiger charge is 2.27. The lowest BCUT2D eigenvalue weighted by atomic mass is 10.4. The molecule has 2 amide bonds. The van der Waals surface area contributed by atoms with E-state index in [1.54, 1.807) is 6.07 Å². The monoisotopic (exact) mass is 179 g/mol. The number of hydrogen-bond acceptors (Lipinski definition) is 3. The van der Waals surface area contributed by atoms with Crippen LogP contribution in [0.2, 0.25) is 0 Å². The van der Waals surface area contributed by atoms with E-state index >= 15 is 0 Å². The van der Waals surface area contributed by atoms with Crippen LogP contribution < -0.4 is 0 Å². The molecule has 1 aliphatic heterocycles. The molecule has 5 nitrogen and oxygen atoms in total. The summed E-state index contributed by atoms with van der Waals surface area (Å²) in [6.45, 7) is 0.524. The van der Waals surface area contributed by atoms with Crippen LogP contribution in [0.4, 0.5) is 0 Å². The Kier molecular flexibility index (Phi) is 1.84. The number of aromatic amines is 1. The highest BCUT2D eigenvalue weighted by molar-refractivity contribution is 6.04. The maximum atomic E-state index is 11.6. The molecule has 1 aliphatic rings. The number of H-pyrrole nitrogens is 1. The molecular weight excluding hydrogens is 170 g/mol. The standard InChI is InChI=1S/C8H9N3O2/c12-7-2-1-5-11(7)8(13)6-3-4-9-10-6/h3-4H,1-2,5H2,(H,9,10). The number of hydrogen-bond donors (Lipinski definition) is 1. The lowest BCUT2D eigenvalue weighted by molar-refractivity contribution is -0.125. The van der Waals surface area contributed by atoms with E-state index in [0.29, 0.717) is 18.7 Å². The summed E-state index contributed by atoms with van der Waals surface area (Å²) in [5.74, 6) is -0.375. The first kappa shape index (κ1) is 7.97. The van der Waals surface area contributed by atoms with Gasteiger partial charge in [0.25, 0.3) is 5.91 Å². The number of rotatable bonds is 1. The Labute approximate surface area is 74.7 Å². The van der Waals surface area contributed by atoms with E-state index in [1.807, 2.05) is 0 Å². The van der Waals surface area contributed by atoms with Gasteiger partial charge < -0.3 is 0 Å². The molecule has 5 heteroatoms. The summed E-state index contributed by atoms with van der Waals surface area (Å²) in [6.07, 6.45) is 2.73. The second kappa shape index (κ2) is 3.01. The minimum absolute atomic E-state index is 0.0976. The number of nitrogens with one attached hydrogen (secondary N) is 1. The average molecular weight is 179 g/mol. The largest absolute Gasteiger partial charge is 0.278 e. The summed E-state index contributed by atoms with van der Waals surface area (Å²) >= 11 is 0. The van der Waals surface area contributed by atoms with Crippen molar-refractivity contribution in [2.75, 3.05) is 6.54 Å². The molecule has 13 heavy (non-hydrogen) atoms. The second-order valence-corrected chi connectivity index (χ2v) is 2.92. The topological polar surface area (TPSA) is 66.1 Å². The van der Waals surface area contributed by atoms with Gasteiger partial charge in [0.2, 0.25) is 5.91 Å². The molecule has 0 radical (unpaired) electrons. The molecule has 0 spiro atoms. The maximum Gasteiger partial charge on any atom is 0.278 e. The Morgan fingerprint density at radius 1 is 1.62 bits per heavy atom. The number of imide groups is 1. The highest BCUT2D eigenvalue weighted by atomic mass is 16.2. The number of nitrogens with zero attached hydrogens (tertiary/aromatic N) is 2. The average Bonchev–Trinajstić information content (AvgIpc) is 2.72. The molecule has 1 fully saturated rings.